The van der Waals surface area contributed by atoms with Crippen LogP contribution in [0.15, 0.2) is 129 Å². The molecule has 0 bridgehead atoms. The molecule has 0 atom stereocenters. The second-order valence-corrected chi connectivity index (χ2v) is 15.1. The van der Waals surface area contributed by atoms with E-state index in [1.165, 1.54) is 48.5 Å². The van der Waals surface area contributed by atoms with E-state index in [0.717, 1.165) is 24.3 Å². The first-order valence-electron chi connectivity index (χ1n) is 14.0. The molecule has 2 heterocycles. The first-order chi connectivity index (χ1) is 24.9. The van der Waals surface area contributed by atoms with E-state index in [1.54, 1.807) is 0 Å². The molecule has 0 amide bonds. The molecule has 0 radical (unpaired) electrons. The molecule has 0 aliphatic rings. The van der Waals surface area contributed by atoms with Gasteiger partial charge >= 0.3 is 11.9 Å². The van der Waals surface area contributed by atoms with Gasteiger partial charge in [-0.2, -0.15) is 10.2 Å². The van der Waals surface area contributed by atoms with E-state index in [9.17, 15) is 51.9 Å². The highest BCUT2D eigenvalue weighted by Crippen LogP contribution is 2.29. The lowest BCUT2D eigenvalue weighted by Crippen LogP contribution is -2.51. The van der Waals surface area contributed by atoms with Crippen LogP contribution in [0.4, 0.5) is 0 Å². The molecule has 0 aliphatic carbocycles. The Hall–Kier alpha value is -6.00. The maximum atomic E-state index is 11.0. The summed E-state index contributed by atoms with van der Waals surface area (Å²) < 4.78 is 132. The summed E-state index contributed by atoms with van der Waals surface area (Å²) >= 11 is 0. The predicted octanol–water partition coefficient (Wildman–Crippen LogP) is -5.01. The van der Waals surface area contributed by atoms with Crippen molar-refractivity contribution in [1.82, 2.24) is 10.2 Å². The van der Waals surface area contributed by atoms with Gasteiger partial charge < -0.3 is 18.2 Å². The summed E-state index contributed by atoms with van der Waals surface area (Å²) in [5.41, 5.74) is 18.3. The highest BCUT2D eigenvalue weighted by atomic mass is 32.2. The van der Waals surface area contributed by atoms with Crippen molar-refractivity contribution in [3.8, 4) is 0 Å². The Kier molecular flexibility index (Phi) is 17.3. The van der Waals surface area contributed by atoms with E-state index in [1.807, 2.05) is 36.9 Å². The van der Waals surface area contributed by atoms with Crippen molar-refractivity contribution in [2.75, 3.05) is 0 Å². The highest BCUT2D eigenvalue weighted by Gasteiger charge is 2.13. The number of nitrogens with two attached hydrogens (primary N) is 6. The molecule has 0 aliphatic heterocycles. The quantitative estimate of drug-likeness (QED) is 0.0468. The third-order valence-corrected chi connectivity index (χ3v) is 9.23. The van der Waals surface area contributed by atoms with E-state index < -0.39 is 60.1 Å². The van der Waals surface area contributed by atoms with E-state index in [0.29, 0.717) is 0 Å². The number of hydrogen-bond acceptors (Lipinski definition) is 12. The van der Waals surface area contributed by atoms with E-state index in [4.69, 9.17) is 0 Å². The van der Waals surface area contributed by atoms with Crippen molar-refractivity contribution in [1.29, 1.82) is 0 Å². The molecule has 0 saturated carbocycles. The Labute approximate surface area is 308 Å². The Morgan fingerprint density at radius 3 is 0.759 bits per heavy atom. The highest BCUT2D eigenvalue weighted by molar-refractivity contribution is 7.87. The zero-order valence-electron chi connectivity index (χ0n) is 27.4. The smallest absolute Gasteiger partial charge is 0.336 e. The van der Waals surface area contributed by atoms with Gasteiger partial charge in [-0.3, -0.25) is 33.8 Å². The summed E-state index contributed by atoms with van der Waals surface area (Å²) in [6.07, 6.45) is 7.28. The van der Waals surface area contributed by atoms with Crippen LogP contribution < -0.4 is 44.0 Å². The van der Waals surface area contributed by atoms with Gasteiger partial charge in [-0.15, -0.1) is 10.2 Å². The standard InChI is InChI=1S/2C10H8O6S2.2C3H4N2.2CH5N3/c2*11-17(12,13)9-5-1-3-7-8(9)4-2-6-10(7)18(14,15)16;2*1-2-4-5-3-1;2*2-1(3)4/h2*1-6H,(H,11,12,13)(H,14,15,16);2*1-3H,(H,4,5);2*(H5,2,3,4). The molecular weight excluding hydrogens is 797 g/mol. The molecule has 22 nitrogen and oxygen atoms in total. The van der Waals surface area contributed by atoms with Crippen LogP contribution in [0.25, 0.3) is 21.5 Å². The molecule has 0 unspecified atom stereocenters. The molecule has 0 saturated heterocycles. The number of hydrogen-bond donors (Lipinski definition) is 8. The van der Waals surface area contributed by atoms with Crippen molar-refractivity contribution in [3.05, 3.63) is 110 Å². The normalized spacial score (nSPS) is 10.9. The zero-order chi connectivity index (χ0) is 41.3. The lowest BCUT2D eigenvalue weighted by molar-refractivity contribution is -0.449. The Morgan fingerprint density at radius 1 is 0.444 bits per heavy atom. The lowest BCUT2D eigenvalue weighted by atomic mass is 10.1. The number of nitrogens with one attached hydrogen (secondary N) is 4. The molecule has 0 spiro atoms. The molecular formula is C28H34N10O12S4. The lowest BCUT2D eigenvalue weighted by Gasteiger charge is -2.14. The van der Waals surface area contributed by atoms with Gasteiger partial charge in [0.25, 0.3) is 0 Å². The fourth-order valence-electron chi connectivity index (χ4n) is 3.86. The monoisotopic (exact) mass is 830 g/mol. The molecule has 292 valence electrons. The first kappa shape index (κ1) is 46.0. The van der Waals surface area contributed by atoms with Gasteiger partial charge in [0.05, 0.1) is 32.0 Å². The molecule has 54 heavy (non-hydrogen) atoms. The summed E-state index contributed by atoms with van der Waals surface area (Å²) in [4.78, 5) is -2.20. The van der Waals surface area contributed by atoms with Gasteiger partial charge in [-0.1, -0.05) is 48.5 Å². The summed E-state index contributed by atoms with van der Waals surface area (Å²) in [6, 6.07) is 18.0. The number of benzene rings is 4. The molecule has 6 aromatic rings. The van der Waals surface area contributed by atoms with Gasteiger partial charge in [0, 0.05) is 33.7 Å². The van der Waals surface area contributed by atoms with Crippen molar-refractivity contribution in [2.24, 2.45) is 22.9 Å². The number of aromatic amines is 4. The minimum atomic E-state index is -4.74. The van der Waals surface area contributed by atoms with Gasteiger partial charge in [-0.05, 0) is 24.3 Å². The summed E-state index contributed by atoms with van der Waals surface area (Å²) in [6.45, 7) is 0. The third kappa shape index (κ3) is 16.1. The van der Waals surface area contributed by atoms with Crippen molar-refractivity contribution in [3.63, 3.8) is 0 Å². The summed E-state index contributed by atoms with van der Waals surface area (Å²) in [5, 5.41) is 19.8. The topological polar surface area (TPSA) is 444 Å². The van der Waals surface area contributed by atoms with Crippen molar-refractivity contribution < 1.29 is 72.9 Å². The number of guanidine groups is 2. The Bertz CT molecular complexity index is 2220. The number of fused-ring (bicyclic) bond motifs is 2. The van der Waals surface area contributed by atoms with Crippen LogP contribution in [0.2, 0.25) is 0 Å². The molecule has 26 heteroatoms. The molecule has 4 aromatic carbocycles. The van der Waals surface area contributed by atoms with Crippen LogP contribution >= 0.6 is 0 Å². The fourth-order valence-corrected chi connectivity index (χ4v) is 6.63. The van der Waals surface area contributed by atoms with Crippen LogP contribution in [0.5, 0.6) is 0 Å². The average molecular weight is 831 g/mol. The number of H-pyrrole nitrogens is 4. The van der Waals surface area contributed by atoms with Gasteiger partial charge in [0.2, 0.25) is 0 Å². The minimum Gasteiger partial charge on any atom is -0.744 e. The fraction of sp³-hybridized carbons (Fsp3) is 0. The van der Waals surface area contributed by atoms with Crippen LogP contribution in [0.3, 0.4) is 0 Å². The van der Waals surface area contributed by atoms with Gasteiger partial charge in [-0.25, -0.2) is 33.7 Å². The van der Waals surface area contributed by atoms with Crippen LogP contribution in [-0.4, -0.2) is 74.0 Å². The maximum absolute atomic E-state index is 11.0. The minimum absolute atomic E-state index is 0.0792. The SMILES string of the molecule is NC(N)=[NH2+].NC(N)=[NH2+].O=S(=O)([O-])c1cccc2c(S(=O)(=O)[O-])cccc12.O=S(=O)([O-])c1cccc2c(S(=O)(=O)[O-])cccc12.c1c[nH][nH+]c1.c1c[nH][nH+]c1. The van der Waals surface area contributed by atoms with Gasteiger partial charge in [0.15, 0.2) is 12.4 Å². The second kappa shape index (κ2) is 20.3. The van der Waals surface area contributed by atoms with Gasteiger partial charge in [0.1, 0.15) is 40.5 Å². The Morgan fingerprint density at radius 2 is 0.648 bits per heavy atom. The molecule has 16 N–H and O–H groups in total. The maximum Gasteiger partial charge on any atom is 0.336 e. The zero-order valence-corrected chi connectivity index (χ0v) is 30.7. The average Bonchev–Trinajstić information content (AvgIpc) is 3.82. The van der Waals surface area contributed by atoms with Crippen LogP contribution in [0, 0.1) is 0 Å². The molecule has 2 aromatic heterocycles. The second-order valence-electron chi connectivity index (χ2n) is 9.66. The predicted molar refractivity (Wildman–Crippen MR) is 185 cm³/mol. The number of rotatable bonds is 4. The summed E-state index contributed by atoms with van der Waals surface area (Å²) in [5.74, 6) is -0.167. The van der Waals surface area contributed by atoms with Crippen molar-refractivity contribution in [2.45, 2.75) is 19.6 Å². The van der Waals surface area contributed by atoms with E-state index in [2.05, 4.69) is 54.1 Å². The molecule has 6 rings (SSSR count). The van der Waals surface area contributed by atoms with E-state index >= 15 is 0 Å². The van der Waals surface area contributed by atoms with E-state index in [-0.39, 0.29) is 33.5 Å². The Balaban J connectivity index is 0.000000373. The van der Waals surface area contributed by atoms with Crippen molar-refractivity contribution >= 4 is 73.9 Å². The third-order valence-electron chi connectivity index (χ3n) is 5.65. The van der Waals surface area contributed by atoms with Crippen LogP contribution in [0.1, 0.15) is 0 Å². The molecule has 0 fully saturated rings. The first-order valence-corrected chi connectivity index (χ1v) is 19.6. The largest absolute Gasteiger partial charge is 0.744 e. The van der Waals surface area contributed by atoms with Crippen LogP contribution in [-0.2, 0) is 40.5 Å². The number of aromatic nitrogens is 4. The summed E-state index contributed by atoms with van der Waals surface area (Å²) in [7, 11) is -19.0.